The number of nitrogens with two attached hydrogens (primary N) is 1. The number of benzene rings is 1. The fourth-order valence-corrected chi connectivity index (χ4v) is 2.55. The molecule has 1 unspecified atom stereocenters. The van der Waals surface area contributed by atoms with E-state index in [0.29, 0.717) is 12.1 Å². The molecule has 1 rings (SSSR count). The van der Waals surface area contributed by atoms with Crippen molar-refractivity contribution < 1.29 is 4.39 Å². The molecular formula is C16H27FN2. The Morgan fingerprint density at radius 3 is 2.16 bits per heavy atom. The SMILES string of the molecule is CCCN(CCC)CC(N)(CC)c1ccccc1F. The maximum absolute atomic E-state index is 14.0. The molecule has 1 aromatic carbocycles. The van der Waals surface area contributed by atoms with Gasteiger partial charge in [-0.25, -0.2) is 4.39 Å². The zero-order chi connectivity index (χ0) is 14.3. The fraction of sp³-hybridized carbons (Fsp3) is 0.625. The van der Waals surface area contributed by atoms with Crippen LogP contribution in [0.5, 0.6) is 0 Å². The summed E-state index contributed by atoms with van der Waals surface area (Å²) in [6, 6.07) is 6.88. The van der Waals surface area contributed by atoms with Gasteiger partial charge in [-0.05, 0) is 38.4 Å². The second-order valence-corrected chi connectivity index (χ2v) is 5.27. The Morgan fingerprint density at radius 1 is 1.11 bits per heavy atom. The van der Waals surface area contributed by atoms with Gasteiger partial charge in [-0.1, -0.05) is 39.0 Å². The van der Waals surface area contributed by atoms with Crippen molar-refractivity contribution in [3.05, 3.63) is 35.6 Å². The van der Waals surface area contributed by atoms with E-state index in [1.54, 1.807) is 6.07 Å². The molecular weight excluding hydrogens is 239 g/mol. The van der Waals surface area contributed by atoms with Crippen LogP contribution in [0.25, 0.3) is 0 Å². The Hall–Kier alpha value is -0.930. The second kappa shape index (κ2) is 7.61. The smallest absolute Gasteiger partial charge is 0.128 e. The maximum atomic E-state index is 14.0. The van der Waals surface area contributed by atoms with Gasteiger partial charge in [-0.2, -0.15) is 0 Å². The molecule has 3 heteroatoms. The third kappa shape index (κ3) is 4.29. The summed E-state index contributed by atoms with van der Waals surface area (Å²) >= 11 is 0. The zero-order valence-corrected chi connectivity index (χ0v) is 12.5. The first kappa shape index (κ1) is 16.1. The molecule has 19 heavy (non-hydrogen) atoms. The van der Waals surface area contributed by atoms with Gasteiger partial charge in [0.1, 0.15) is 5.82 Å². The molecule has 0 fully saturated rings. The van der Waals surface area contributed by atoms with Crippen LogP contribution in [0.3, 0.4) is 0 Å². The van der Waals surface area contributed by atoms with Crippen molar-refractivity contribution in [1.82, 2.24) is 4.90 Å². The van der Waals surface area contributed by atoms with E-state index in [9.17, 15) is 4.39 Å². The molecule has 0 aliphatic carbocycles. The molecule has 0 heterocycles. The molecule has 0 aliphatic heterocycles. The lowest BCUT2D eigenvalue weighted by Crippen LogP contribution is -2.48. The van der Waals surface area contributed by atoms with Crippen molar-refractivity contribution in [1.29, 1.82) is 0 Å². The average Bonchev–Trinajstić information content (AvgIpc) is 2.39. The Labute approximate surface area is 116 Å². The Kier molecular flexibility index (Phi) is 6.46. The largest absolute Gasteiger partial charge is 0.320 e. The molecule has 2 N–H and O–H groups in total. The van der Waals surface area contributed by atoms with Crippen molar-refractivity contribution in [3.63, 3.8) is 0 Å². The molecule has 0 amide bonds. The zero-order valence-electron chi connectivity index (χ0n) is 12.5. The van der Waals surface area contributed by atoms with Crippen molar-refractivity contribution in [2.24, 2.45) is 5.73 Å². The Bertz CT molecular complexity index is 375. The molecule has 0 saturated heterocycles. The van der Waals surface area contributed by atoms with Crippen molar-refractivity contribution in [2.75, 3.05) is 19.6 Å². The van der Waals surface area contributed by atoms with Gasteiger partial charge < -0.3 is 10.6 Å². The van der Waals surface area contributed by atoms with Crippen LogP contribution in [0.1, 0.15) is 45.6 Å². The molecule has 0 aromatic heterocycles. The quantitative estimate of drug-likeness (QED) is 0.780. The van der Waals surface area contributed by atoms with Gasteiger partial charge in [0.05, 0.1) is 5.54 Å². The first-order chi connectivity index (χ1) is 9.07. The van der Waals surface area contributed by atoms with E-state index in [1.165, 1.54) is 6.07 Å². The molecule has 1 atom stereocenters. The van der Waals surface area contributed by atoms with E-state index in [2.05, 4.69) is 18.7 Å². The third-order valence-electron chi connectivity index (χ3n) is 3.63. The monoisotopic (exact) mass is 266 g/mol. The van der Waals surface area contributed by atoms with E-state index in [1.807, 2.05) is 19.1 Å². The van der Waals surface area contributed by atoms with Crippen LogP contribution in [-0.2, 0) is 5.54 Å². The first-order valence-corrected chi connectivity index (χ1v) is 7.33. The van der Waals surface area contributed by atoms with Gasteiger partial charge in [0.2, 0.25) is 0 Å². The van der Waals surface area contributed by atoms with Gasteiger partial charge in [-0.3, -0.25) is 0 Å². The number of nitrogens with zero attached hydrogens (tertiary/aromatic N) is 1. The average molecular weight is 266 g/mol. The van der Waals surface area contributed by atoms with Crippen molar-refractivity contribution in [2.45, 2.75) is 45.6 Å². The summed E-state index contributed by atoms with van der Waals surface area (Å²) in [4.78, 5) is 2.34. The van der Waals surface area contributed by atoms with E-state index >= 15 is 0 Å². The van der Waals surface area contributed by atoms with Gasteiger partial charge >= 0.3 is 0 Å². The van der Waals surface area contributed by atoms with E-state index in [-0.39, 0.29) is 5.82 Å². The Morgan fingerprint density at radius 2 is 1.68 bits per heavy atom. The van der Waals surface area contributed by atoms with Crippen molar-refractivity contribution in [3.8, 4) is 0 Å². The van der Waals surface area contributed by atoms with Crippen LogP contribution >= 0.6 is 0 Å². The summed E-state index contributed by atoms with van der Waals surface area (Å²) in [5.74, 6) is -0.195. The van der Waals surface area contributed by atoms with Gasteiger partial charge in [0.25, 0.3) is 0 Å². The fourth-order valence-electron chi connectivity index (χ4n) is 2.55. The third-order valence-corrected chi connectivity index (χ3v) is 3.63. The van der Waals surface area contributed by atoms with Gasteiger partial charge in [-0.15, -0.1) is 0 Å². The summed E-state index contributed by atoms with van der Waals surface area (Å²) in [7, 11) is 0. The highest BCUT2D eigenvalue weighted by atomic mass is 19.1. The van der Waals surface area contributed by atoms with Crippen LogP contribution in [0.4, 0.5) is 4.39 Å². The molecule has 0 bridgehead atoms. The van der Waals surface area contributed by atoms with Gasteiger partial charge in [0.15, 0.2) is 0 Å². The minimum absolute atomic E-state index is 0.195. The number of hydrogen-bond acceptors (Lipinski definition) is 2. The van der Waals surface area contributed by atoms with Crippen molar-refractivity contribution >= 4 is 0 Å². The summed E-state index contributed by atoms with van der Waals surface area (Å²) in [6.07, 6.45) is 2.92. The van der Waals surface area contributed by atoms with Crippen LogP contribution in [0.15, 0.2) is 24.3 Å². The molecule has 108 valence electrons. The highest BCUT2D eigenvalue weighted by molar-refractivity contribution is 5.26. The molecule has 2 nitrogen and oxygen atoms in total. The summed E-state index contributed by atoms with van der Waals surface area (Å²) < 4.78 is 14.0. The standard InChI is InChI=1S/C16H27FN2/c1-4-11-19(12-5-2)13-16(18,6-3)14-9-7-8-10-15(14)17/h7-10H,4-6,11-13,18H2,1-3H3. The van der Waals surface area contributed by atoms with Crippen LogP contribution in [0.2, 0.25) is 0 Å². The highest BCUT2D eigenvalue weighted by Gasteiger charge is 2.30. The lowest BCUT2D eigenvalue weighted by molar-refractivity contribution is 0.200. The molecule has 1 aromatic rings. The molecule has 0 spiro atoms. The van der Waals surface area contributed by atoms with Crippen LogP contribution < -0.4 is 5.73 Å². The van der Waals surface area contributed by atoms with E-state index in [0.717, 1.165) is 32.4 Å². The summed E-state index contributed by atoms with van der Waals surface area (Å²) in [6.45, 7) is 9.10. The Balaban J connectivity index is 2.93. The van der Waals surface area contributed by atoms with E-state index < -0.39 is 5.54 Å². The number of hydrogen-bond donors (Lipinski definition) is 1. The first-order valence-electron chi connectivity index (χ1n) is 7.33. The minimum Gasteiger partial charge on any atom is -0.320 e. The van der Waals surface area contributed by atoms with Crippen LogP contribution in [-0.4, -0.2) is 24.5 Å². The predicted octanol–water partition coefficient (Wildman–Crippen LogP) is 3.51. The summed E-state index contributed by atoms with van der Waals surface area (Å²) in [5, 5.41) is 0. The lowest BCUT2D eigenvalue weighted by atomic mass is 9.87. The summed E-state index contributed by atoms with van der Waals surface area (Å²) in [5.41, 5.74) is 6.53. The minimum atomic E-state index is -0.602. The maximum Gasteiger partial charge on any atom is 0.128 e. The lowest BCUT2D eigenvalue weighted by Gasteiger charge is -2.35. The number of halogens is 1. The molecule has 0 aliphatic rings. The second-order valence-electron chi connectivity index (χ2n) is 5.27. The molecule has 0 saturated carbocycles. The van der Waals surface area contributed by atoms with Crippen LogP contribution in [0, 0.1) is 5.82 Å². The highest BCUT2D eigenvalue weighted by Crippen LogP contribution is 2.26. The topological polar surface area (TPSA) is 29.3 Å². The normalized spacial score (nSPS) is 14.6. The predicted molar refractivity (Wildman–Crippen MR) is 79.6 cm³/mol. The van der Waals surface area contributed by atoms with Gasteiger partial charge in [0, 0.05) is 12.1 Å². The van der Waals surface area contributed by atoms with E-state index in [4.69, 9.17) is 5.73 Å². The number of rotatable bonds is 8. The molecule has 0 radical (unpaired) electrons.